The smallest absolute Gasteiger partial charge is 0.0781 e. The van der Waals surface area contributed by atoms with E-state index in [-0.39, 0.29) is 6.10 Å². The summed E-state index contributed by atoms with van der Waals surface area (Å²) in [5, 5.41) is 3.41. The van der Waals surface area contributed by atoms with E-state index in [1.54, 1.807) is 7.11 Å². The molecule has 0 aromatic rings. The summed E-state index contributed by atoms with van der Waals surface area (Å²) >= 11 is 0. The van der Waals surface area contributed by atoms with Crippen LogP contribution in [0.2, 0.25) is 0 Å². The van der Waals surface area contributed by atoms with Gasteiger partial charge in [-0.25, -0.2) is 0 Å². The Morgan fingerprint density at radius 3 is 2.21 bits per heavy atom. The standard InChI is InChI=1S/C11H25NO2/c1-6-12-11(9(2)3)8-14-10(4)7-13-5/h9-12H,6-8H2,1-5H3. The zero-order chi connectivity index (χ0) is 11.0. The van der Waals surface area contributed by atoms with Gasteiger partial charge in [-0.3, -0.25) is 0 Å². The molecule has 2 atom stereocenters. The highest BCUT2D eigenvalue weighted by Gasteiger charge is 2.13. The van der Waals surface area contributed by atoms with Crippen molar-refractivity contribution < 1.29 is 9.47 Å². The van der Waals surface area contributed by atoms with Crippen LogP contribution in [0, 0.1) is 5.92 Å². The molecular weight excluding hydrogens is 178 g/mol. The molecule has 86 valence electrons. The monoisotopic (exact) mass is 203 g/mol. The SMILES string of the molecule is CCNC(COC(C)COC)C(C)C. The highest BCUT2D eigenvalue weighted by Crippen LogP contribution is 2.03. The number of ether oxygens (including phenoxy) is 2. The number of likely N-dealkylation sites (N-methyl/N-ethyl adjacent to an activating group) is 1. The number of hydrogen-bond acceptors (Lipinski definition) is 3. The van der Waals surface area contributed by atoms with Gasteiger partial charge >= 0.3 is 0 Å². The fourth-order valence-corrected chi connectivity index (χ4v) is 1.30. The van der Waals surface area contributed by atoms with Gasteiger partial charge in [0.05, 0.1) is 19.3 Å². The van der Waals surface area contributed by atoms with E-state index in [0.29, 0.717) is 18.6 Å². The van der Waals surface area contributed by atoms with Crippen molar-refractivity contribution in [3.63, 3.8) is 0 Å². The Morgan fingerprint density at radius 1 is 1.14 bits per heavy atom. The summed E-state index contributed by atoms with van der Waals surface area (Å²) < 4.78 is 10.7. The normalized spacial score (nSPS) is 15.9. The predicted molar refractivity (Wildman–Crippen MR) is 59.6 cm³/mol. The van der Waals surface area contributed by atoms with E-state index in [0.717, 1.165) is 13.2 Å². The van der Waals surface area contributed by atoms with Crippen molar-refractivity contribution in [1.82, 2.24) is 5.32 Å². The Hall–Kier alpha value is -0.120. The molecule has 14 heavy (non-hydrogen) atoms. The van der Waals surface area contributed by atoms with E-state index in [4.69, 9.17) is 9.47 Å². The van der Waals surface area contributed by atoms with Crippen LogP contribution in [0.4, 0.5) is 0 Å². The van der Waals surface area contributed by atoms with Crippen LogP contribution in [0.3, 0.4) is 0 Å². The molecule has 0 aliphatic rings. The fourth-order valence-electron chi connectivity index (χ4n) is 1.30. The molecule has 0 amide bonds. The molecule has 3 nitrogen and oxygen atoms in total. The molecule has 2 unspecified atom stereocenters. The van der Waals surface area contributed by atoms with Crippen LogP contribution in [0.25, 0.3) is 0 Å². The van der Waals surface area contributed by atoms with E-state index in [2.05, 4.69) is 26.1 Å². The maximum atomic E-state index is 5.67. The Morgan fingerprint density at radius 2 is 1.79 bits per heavy atom. The zero-order valence-corrected chi connectivity index (χ0v) is 10.2. The summed E-state index contributed by atoms with van der Waals surface area (Å²) in [7, 11) is 1.70. The quantitative estimate of drug-likeness (QED) is 0.651. The third-order valence-electron chi connectivity index (χ3n) is 2.23. The van der Waals surface area contributed by atoms with Gasteiger partial charge < -0.3 is 14.8 Å². The van der Waals surface area contributed by atoms with Gasteiger partial charge in [-0.05, 0) is 19.4 Å². The summed E-state index contributed by atoms with van der Waals surface area (Å²) in [5.74, 6) is 0.602. The third-order valence-corrected chi connectivity index (χ3v) is 2.23. The van der Waals surface area contributed by atoms with Crippen LogP contribution >= 0.6 is 0 Å². The second kappa shape index (κ2) is 8.21. The second-order valence-corrected chi connectivity index (χ2v) is 4.01. The summed E-state index contributed by atoms with van der Waals surface area (Å²) in [5.41, 5.74) is 0. The molecule has 0 saturated heterocycles. The van der Waals surface area contributed by atoms with Gasteiger partial charge in [0.25, 0.3) is 0 Å². The average Bonchev–Trinajstić information content (AvgIpc) is 2.12. The summed E-state index contributed by atoms with van der Waals surface area (Å²) in [4.78, 5) is 0. The van der Waals surface area contributed by atoms with E-state index in [1.165, 1.54) is 0 Å². The molecule has 0 aromatic heterocycles. The molecule has 0 aliphatic heterocycles. The van der Waals surface area contributed by atoms with E-state index in [9.17, 15) is 0 Å². The van der Waals surface area contributed by atoms with E-state index < -0.39 is 0 Å². The second-order valence-electron chi connectivity index (χ2n) is 4.01. The van der Waals surface area contributed by atoms with Crippen molar-refractivity contribution in [3.8, 4) is 0 Å². The molecule has 0 spiro atoms. The Bertz CT molecular complexity index is 128. The van der Waals surface area contributed by atoms with Crippen LogP contribution in [0.1, 0.15) is 27.7 Å². The van der Waals surface area contributed by atoms with Crippen LogP contribution in [-0.4, -0.2) is 39.0 Å². The van der Waals surface area contributed by atoms with Gasteiger partial charge in [-0.1, -0.05) is 20.8 Å². The van der Waals surface area contributed by atoms with Gasteiger partial charge in [0, 0.05) is 13.2 Å². The first kappa shape index (κ1) is 13.9. The summed E-state index contributed by atoms with van der Waals surface area (Å²) in [6.07, 6.45) is 0.180. The number of methoxy groups -OCH3 is 1. The van der Waals surface area contributed by atoms with Crippen molar-refractivity contribution in [2.75, 3.05) is 26.9 Å². The number of hydrogen-bond donors (Lipinski definition) is 1. The highest BCUT2D eigenvalue weighted by molar-refractivity contribution is 4.69. The minimum atomic E-state index is 0.180. The van der Waals surface area contributed by atoms with Crippen LogP contribution < -0.4 is 5.32 Å². The van der Waals surface area contributed by atoms with Crippen molar-refractivity contribution in [3.05, 3.63) is 0 Å². The van der Waals surface area contributed by atoms with Crippen LogP contribution in [0.5, 0.6) is 0 Å². The lowest BCUT2D eigenvalue weighted by atomic mass is 10.1. The molecule has 0 fully saturated rings. The molecule has 0 radical (unpaired) electrons. The minimum absolute atomic E-state index is 0.180. The Kier molecular flexibility index (Phi) is 8.14. The van der Waals surface area contributed by atoms with E-state index >= 15 is 0 Å². The fraction of sp³-hybridized carbons (Fsp3) is 1.00. The molecule has 0 aliphatic carbocycles. The highest BCUT2D eigenvalue weighted by atomic mass is 16.5. The lowest BCUT2D eigenvalue weighted by molar-refractivity contribution is -0.00502. The van der Waals surface area contributed by atoms with Gasteiger partial charge in [0.15, 0.2) is 0 Å². The summed E-state index contributed by atoms with van der Waals surface area (Å²) in [6.45, 7) is 11.0. The van der Waals surface area contributed by atoms with Crippen molar-refractivity contribution in [2.45, 2.75) is 39.8 Å². The molecule has 0 bridgehead atoms. The van der Waals surface area contributed by atoms with E-state index in [1.807, 2.05) is 6.92 Å². The first-order chi connectivity index (χ1) is 6.61. The Balaban J connectivity index is 3.69. The number of rotatable bonds is 8. The first-order valence-corrected chi connectivity index (χ1v) is 5.45. The number of nitrogens with one attached hydrogen (secondary N) is 1. The average molecular weight is 203 g/mol. The zero-order valence-electron chi connectivity index (χ0n) is 10.2. The topological polar surface area (TPSA) is 30.5 Å². The maximum absolute atomic E-state index is 5.67. The first-order valence-electron chi connectivity index (χ1n) is 5.45. The van der Waals surface area contributed by atoms with Gasteiger partial charge in [0.2, 0.25) is 0 Å². The van der Waals surface area contributed by atoms with Crippen LogP contribution in [0.15, 0.2) is 0 Å². The Labute approximate surface area is 88.2 Å². The molecule has 0 rings (SSSR count). The van der Waals surface area contributed by atoms with Crippen molar-refractivity contribution >= 4 is 0 Å². The van der Waals surface area contributed by atoms with Gasteiger partial charge in [-0.2, -0.15) is 0 Å². The molecular formula is C11H25NO2. The maximum Gasteiger partial charge on any atom is 0.0781 e. The predicted octanol–water partition coefficient (Wildman–Crippen LogP) is 1.67. The molecule has 1 N–H and O–H groups in total. The lowest BCUT2D eigenvalue weighted by Gasteiger charge is -2.23. The lowest BCUT2D eigenvalue weighted by Crippen LogP contribution is -2.39. The van der Waals surface area contributed by atoms with Gasteiger partial charge in [-0.15, -0.1) is 0 Å². The summed E-state index contributed by atoms with van der Waals surface area (Å²) in [6, 6.07) is 0.444. The van der Waals surface area contributed by atoms with Gasteiger partial charge in [0.1, 0.15) is 0 Å². The third kappa shape index (κ3) is 6.35. The van der Waals surface area contributed by atoms with Crippen molar-refractivity contribution in [1.29, 1.82) is 0 Å². The minimum Gasteiger partial charge on any atom is -0.382 e. The molecule has 0 heterocycles. The molecule has 0 aromatic carbocycles. The largest absolute Gasteiger partial charge is 0.382 e. The molecule has 0 saturated carbocycles. The molecule has 3 heteroatoms. The van der Waals surface area contributed by atoms with Crippen molar-refractivity contribution in [2.24, 2.45) is 5.92 Å². The van der Waals surface area contributed by atoms with Crippen LogP contribution in [-0.2, 0) is 9.47 Å².